The highest BCUT2D eigenvalue weighted by Crippen LogP contribution is 2.33. The first-order chi connectivity index (χ1) is 12.2. The minimum atomic E-state index is -0.472. The van der Waals surface area contributed by atoms with E-state index in [-0.39, 0.29) is 28.1 Å². The van der Waals surface area contributed by atoms with Crippen LogP contribution in [0.25, 0.3) is 0 Å². The highest BCUT2D eigenvalue weighted by atomic mass is 32.2. The molecule has 0 radical (unpaired) electrons. The maximum atomic E-state index is 13.2. The molecule has 132 valence electrons. The standard InChI is InChI=1S/C20H24N2O2S/c1-2-16-12-18(23)22(14-15-8-4-3-5-9-15)19(16)20(24)17(13-21)25-10-6-7-11-25/h3-5,8-9,16,19H,2,6-7,10-12,14H2,1H3. The molecule has 0 N–H and O–H groups in total. The lowest BCUT2D eigenvalue weighted by Crippen LogP contribution is -2.43. The van der Waals surface area contributed by atoms with Gasteiger partial charge in [0, 0.05) is 13.0 Å². The van der Waals surface area contributed by atoms with Crippen molar-refractivity contribution in [1.29, 1.82) is 5.26 Å². The zero-order valence-corrected chi connectivity index (χ0v) is 15.4. The molecule has 1 aromatic carbocycles. The molecule has 1 aromatic rings. The lowest BCUT2D eigenvalue weighted by molar-refractivity contribution is -0.132. The van der Waals surface area contributed by atoms with Crippen LogP contribution in [0.15, 0.2) is 30.3 Å². The zero-order valence-electron chi connectivity index (χ0n) is 14.6. The summed E-state index contributed by atoms with van der Waals surface area (Å²) < 4.78 is 0. The number of Topliss-reactive ketones (excluding diaryl/α,β-unsaturated/α-hetero) is 1. The molecule has 2 saturated heterocycles. The Balaban J connectivity index is 1.91. The summed E-state index contributed by atoms with van der Waals surface area (Å²) in [5, 5.41) is 9.61. The molecule has 25 heavy (non-hydrogen) atoms. The van der Waals surface area contributed by atoms with Crippen molar-refractivity contribution < 1.29 is 9.59 Å². The molecule has 0 aromatic heterocycles. The van der Waals surface area contributed by atoms with Gasteiger partial charge in [0.15, 0.2) is 0 Å². The van der Waals surface area contributed by atoms with Crippen LogP contribution in [-0.4, -0.2) is 39.0 Å². The quantitative estimate of drug-likeness (QED) is 0.762. The van der Waals surface area contributed by atoms with Crippen molar-refractivity contribution in [3.8, 4) is 6.07 Å². The van der Waals surface area contributed by atoms with Gasteiger partial charge in [0.05, 0.1) is 6.04 Å². The molecule has 0 bridgehead atoms. The maximum absolute atomic E-state index is 13.2. The summed E-state index contributed by atoms with van der Waals surface area (Å²) in [5.41, 5.74) is 1.02. The number of carbonyl (C=O) groups excluding carboxylic acids is 2. The topological polar surface area (TPSA) is 61.2 Å². The normalized spacial score (nSPS) is 23.7. The van der Waals surface area contributed by atoms with E-state index in [9.17, 15) is 14.9 Å². The Labute approximate surface area is 151 Å². The van der Waals surface area contributed by atoms with Crippen molar-refractivity contribution in [2.24, 2.45) is 5.92 Å². The fourth-order valence-electron chi connectivity index (χ4n) is 3.81. The van der Waals surface area contributed by atoms with E-state index in [0.29, 0.717) is 17.8 Å². The third kappa shape index (κ3) is 3.69. The molecule has 0 spiro atoms. The molecule has 2 heterocycles. The number of likely N-dealkylation sites (tertiary alicyclic amines) is 1. The van der Waals surface area contributed by atoms with Crippen LogP contribution in [0.4, 0.5) is 0 Å². The average molecular weight is 356 g/mol. The number of ketones is 1. The predicted octanol–water partition coefficient (Wildman–Crippen LogP) is 3.14. The predicted molar refractivity (Wildman–Crippen MR) is 101 cm³/mol. The average Bonchev–Trinajstić information content (AvgIpc) is 3.25. The van der Waals surface area contributed by atoms with E-state index in [2.05, 4.69) is 6.07 Å². The Kier molecular flexibility index (Phi) is 5.70. The molecule has 2 aliphatic rings. The number of benzene rings is 1. The Bertz CT molecular complexity index is 728. The number of carbonyl (C=O) groups is 2. The van der Waals surface area contributed by atoms with E-state index in [1.54, 1.807) is 4.90 Å². The van der Waals surface area contributed by atoms with Crippen molar-refractivity contribution in [2.45, 2.75) is 45.2 Å². The summed E-state index contributed by atoms with van der Waals surface area (Å²) in [6.45, 7) is 2.47. The Morgan fingerprint density at radius 2 is 1.96 bits per heavy atom. The van der Waals surface area contributed by atoms with Crippen LogP contribution in [0, 0.1) is 17.2 Å². The van der Waals surface area contributed by atoms with Crippen LogP contribution < -0.4 is 0 Å². The number of rotatable bonds is 5. The monoisotopic (exact) mass is 356 g/mol. The summed E-state index contributed by atoms with van der Waals surface area (Å²) in [7, 11) is -0.213. The van der Waals surface area contributed by atoms with Gasteiger partial charge in [0.2, 0.25) is 11.7 Å². The van der Waals surface area contributed by atoms with Crippen molar-refractivity contribution in [1.82, 2.24) is 4.90 Å². The Morgan fingerprint density at radius 3 is 2.56 bits per heavy atom. The van der Waals surface area contributed by atoms with Crippen molar-refractivity contribution in [3.63, 3.8) is 0 Å². The van der Waals surface area contributed by atoms with Crippen LogP contribution in [0.3, 0.4) is 0 Å². The third-order valence-electron chi connectivity index (χ3n) is 5.17. The second kappa shape index (κ2) is 7.97. The van der Waals surface area contributed by atoms with Crippen molar-refractivity contribution >= 4 is 27.0 Å². The second-order valence-corrected chi connectivity index (χ2v) is 8.95. The lowest BCUT2D eigenvalue weighted by atomic mass is 9.93. The minimum absolute atomic E-state index is 0.0123. The number of amides is 1. The van der Waals surface area contributed by atoms with Gasteiger partial charge in [0.1, 0.15) is 10.9 Å². The van der Waals surface area contributed by atoms with Gasteiger partial charge < -0.3 is 4.90 Å². The minimum Gasteiger partial charge on any atom is -0.328 e. The number of nitriles is 1. The smallest absolute Gasteiger partial charge is 0.223 e. The Hall–Kier alpha value is -1.93. The molecule has 2 unspecified atom stereocenters. The third-order valence-corrected chi connectivity index (χ3v) is 7.61. The summed E-state index contributed by atoms with van der Waals surface area (Å²) in [6, 6.07) is 11.5. The highest BCUT2D eigenvalue weighted by molar-refractivity contribution is 8.17. The highest BCUT2D eigenvalue weighted by Gasteiger charge is 2.44. The van der Waals surface area contributed by atoms with Gasteiger partial charge in [-0.2, -0.15) is 15.7 Å². The van der Waals surface area contributed by atoms with E-state index in [0.717, 1.165) is 36.3 Å². The summed E-state index contributed by atoms with van der Waals surface area (Å²) in [4.78, 5) is 27.9. The van der Waals surface area contributed by atoms with Gasteiger partial charge in [-0.15, -0.1) is 0 Å². The van der Waals surface area contributed by atoms with Crippen molar-refractivity contribution in [3.05, 3.63) is 35.9 Å². The fourth-order valence-corrected chi connectivity index (χ4v) is 6.06. The van der Waals surface area contributed by atoms with E-state index < -0.39 is 6.04 Å². The van der Waals surface area contributed by atoms with Gasteiger partial charge in [-0.3, -0.25) is 9.59 Å². The number of hydrogen-bond acceptors (Lipinski definition) is 3. The zero-order chi connectivity index (χ0) is 17.8. The molecule has 1 amide bonds. The first kappa shape index (κ1) is 17.9. The van der Waals surface area contributed by atoms with Gasteiger partial charge in [-0.1, -0.05) is 43.7 Å². The SMILES string of the molecule is CCC1CC(=O)N(Cc2ccccc2)C1C(=O)C(C#N)=S1CCCC1. The van der Waals surface area contributed by atoms with Crippen LogP contribution >= 0.6 is 10.5 Å². The van der Waals surface area contributed by atoms with E-state index in [1.807, 2.05) is 37.3 Å². The first-order valence-corrected chi connectivity index (χ1v) is 10.5. The summed E-state index contributed by atoms with van der Waals surface area (Å²) in [5.74, 6) is 1.84. The molecule has 5 heteroatoms. The van der Waals surface area contributed by atoms with Crippen LogP contribution in [-0.2, 0) is 16.1 Å². The second-order valence-electron chi connectivity index (χ2n) is 6.74. The van der Waals surface area contributed by atoms with Gasteiger partial charge in [0.25, 0.3) is 0 Å². The van der Waals surface area contributed by atoms with Gasteiger partial charge in [-0.25, -0.2) is 0 Å². The molecule has 0 aliphatic carbocycles. The van der Waals surface area contributed by atoms with Crippen molar-refractivity contribution in [2.75, 3.05) is 11.5 Å². The molecule has 4 nitrogen and oxygen atoms in total. The fraction of sp³-hybridized carbons (Fsp3) is 0.500. The number of nitrogens with zero attached hydrogens (tertiary/aromatic N) is 2. The van der Waals surface area contributed by atoms with Crippen LogP contribution in [0.1, 0.15) is 38.2 Å². The summed E-state index contributed by atoms with van der Waals surface area (Å²) >= 11 is 0. The molecule has 2 fully saturated rings. The molecule has 0 saturated carbocycles. The van der Waals surface area contributed by atoms with Crippen LogP contribution in [0.5, 0.6) is 0 Å². The molecular formula is C20H24N2O2S. The van der Waals surface area contributed by atoms with Gasteiger partial charge in [-0.05, 0) is 35.8 Å². The lowest BCUT2D eigenvalue weighted by Gasteiger charge is -2.27. The molecule has 3 rings (SSSR count). The molecular weight excluding hydrogens is 332 g/mol. The van der Waals surface area contributed by atoms with Gasteiger partial charge >= 0.3 is 0 Å². The van der Waals surface area contributed by atoms with E-state index >= 15 is 0 Å². The van der Waals surface area contributed by atoms with E-state index in [4.69, 9.17) is 0 Å². The Morgan fingerprint density at radius 1 is 1.28 bits per heavy atom. The number of hydrogen-bond donors (Lipinski definition) is 0. The van der Waals surface area contributed by atoms with E-state index in [1.165, 1.54) is 0 Å². The van der Waals surface area contributed by atoms with Crippen LogP contribution in [0.2, 0.25) is 0 Å². The summed E-state index contributed by atoms with van der Waals surface area (Å²) in [6.07, 6.45) is 3.37. The largest absolute Gasteiger partial charge is 0.328 e. The molecule has 2 aliphatic heterocycles. The maximum Gasteiger partial charge on any atom is 0.223 e. The first-order valence-electron chi connectivity index (χ1n) is 8.97. The molecule has 2 atom stereocenters.